The number of carbonyl (C=O) groups excluding carboxylic acids is 4. The molecule has 0 spiro atoms. The van der Waals surface area contributed by atoms with Crippen LogP contribution in [-0.2, 0) is 19.1 Å². The largest absolute Gasteiger partial charge is 0.453 e. The summed E-state index contributed by atoms with van der Waals surface area (Å²) in [6.07, 6.45) is 9.11. The van der Waals surface area contributed by atoms with Crippen LogP contribution < -0.4 is 10.6 Å². The fourth-order valence-electron chi connectivity index (χ4n) is 7.84. The second-order valence-electron chi connectivity index (χ2n) is 15.5. The molecule has 4 N–H and O–H groups in total. The number of ether oxygens (including phenoxy) is 2. The molecule has 2 aliphatic heterocycles. The number of alkyl carbamates (subject to hydrolysis) is 2. The molecule has 6 heterocycles. The van der Waals surface area contributed by atoms with E-state index in [2.05, 4.69) is 25.6 Å². The van der Waals surface area contributed by atoms with Crippen molar-refractivity contribution in [2.24, 2.45) is 11.8 Å². The summed E-state index contributed by atoms with van der Waals surface area (Å²) in [5, 5.41) is 6.32. The number of amides is 4. The van der Waals surface area contributed by atoms with Crippen LogP contribution in [-0.4, -0.2) is 103 Å². The van der Waals surface area contributed by atoms with E-state index >= 15 is 0 Å². The van der Waals surface area contributed by atoms with E-state index in [4.69, 9.17) is 24.4 Å². The third-order valence-corrected chi connectivity index (χ3v) is 11.0. The number of hydrogen-bond donors (Lipinski definition) is 4. The lowest BCUT2D eigenvalue weighted by Crippen LogP contribution is -2.51. The molecule has 0 saturated carbocycles. The van der Waals surface area contributed by atoms with Gasteiger partial charge in [0.25, 0.3) is 0 Å². The molecule has 1 unspecified atom stereocenters. The first-order valence-corrected chi connectivity index (χ1v) is 19.7. The highest BCUT2D eigenvalue weighted by Gasteiger charge is 2.39. The van der Waals surface area contributed by atoms with Crippen molar-refractivity contribution in [2.45, 2.75) is 77.5 Å². The zero-order chi connectivity index (χ0) is 41.1. The van der Waals surface area contributed by atoms with Crippen molar-refractivity contribution < 1.29 is 28.7 Å². The topological polar surface area (TPSA) is 200 Å². The quantitative estimate of drug-likeness (QED) is 0.120. The van der Waals surface area contributed by atoms with Crippen molar-refractivity contribution in [3.63, 3.8) is 0 Å². The van der Waals surface area contributed by atoms with Crippen molar-refractivity contribution in [3.05, 3.63) is 72.8 Å². The standard InChI is InChI=1S/C42H50N10O6/c1-23(2)35(49-41(55)57-5)39(53)51-15-7-9-33(51)37-45-21-31(47-37)27-13-14-29(43-19-27)26-12-11-25-17-28(20-44-30(25)18-26)32-22-46-38(48-32)34-10-8-16-52(34)40(54)36(24(3)4)50-42(56)58-6/h11-14,17-24,33-36H,7-10,15-16H2,1-6H3,(H,45,47)(H,46,48)(H,49,55)(H,50,56)/t33-,34?,35-,36-/m0/s1. The Morgan fingerprint density at radius 3 is 1.90 bits per heavy atom. The van der Waals surface area contributed by atoms with Crippen LogP contribution in [0, 0.1) is 11.8 Å². The van der Waals surface area contributed by atoms with Gasteiger partial charge in [0.15, 0.2) is 0 Å². The highest BCUT2D eigenvalue weighted by molar-refractivity contribution is 5.88. The van der Waals surface area contributed by atoms with E-state index in [1.54, 1.807) is 28.4 Å². The lowest BCUT2D eigenvalue weighted by Gasteiger charge is -2.30. The second kappa shape index (κ2) is 17.0. The summed E-state index contributed by atoms with van der Waals surface area (Å²) in [5.41, 5.74) is 5.73. The Kier molecular flexibility index (Phi) is 11.7. The maximum absolute atomic E-state index is 13.6. The Balaban J connectivity index is 1.02. The van der Waals surface area contributed by atoms with Gasteiger partial charge >= 0.3 is 12.2 Å². The van der Waals surface area contributed by atoms with Gasteiger partial charge in [-0.15, -0.1) is 0 Å². The van der Waals surface area contributed by atoms with Crippen LogP contribution in [0.4, 0.5) is 9.59 Å². The van der Waals surface area contributed by atoms with E-state index in [1.807, 2.05) is 70.3 Å². The normalized spacial score (nSPS) is 17.8. The third kappa shape index (κ3) is 8.22. The number of nitrogens with zero attached hydrogens (tertiary/aromatic N) is 6. The monoisotopic (exact) mass is 790 g/mol. The maximum Gasteiger partial charge on any atom is 0.407 e. The van der Waals surface area contributed by atoms with Gasteiger partial charge < -0.3 is 39.9 Å². The molecule has 5 aromatic rings. The number of nitrogens with one attached hydrogen (secondary N) is 4. The fourth-order valence-corrected chi connectivity index (χ4v) is 7.84. The predicted molar refractivity (Wildman–Crippen MR) is 216 cm³/mol. The Bertz CT molecular complexity index is 2290. The maximum atomic E-state index is 13.6. The van der Waals surface area contributed by atoms with Gasteiger partial charge in [-0.3, -0.25) is 19.6 Å². The van der Waals surface area contributed by atoms with E-state index < -0.39 is 24.3 Å². The molecule has 16 nitrogen and oxygen atoms in total. The molecular formula is C42H50N10O6. The molecule has 1 aromatic carbocycles. The first-order valence-electron chi connectivity index (χ1n) is 19.7. The molecule has 2 fully saturated rings. The van der Waals surface area contributed by atoms with Crippen LogP contribution in [0.2, 0.25) is 0 Å². The molecule has 4 aromatic heterocycles. The molecule has 0 bridgehead atoms. The molecule has 304 valence electrons. The first-order chi connectivity index (χ1) is 27.9. The Morgan fingerprint density at radius 2 is 1.31 bits per heavy atom. The van der Waals surface area contributed by atoms with E-state index in [1.165, 1.54) is 14.2 Å². The molecule has 4 atom stereocenters. The zero-order valence-corrected chi connectivity index (χ0v) is 33.6. The molecule has 0 aliphatic carbocycles. The number of imidazole rings is 2. The molecule has 16 heteroatoms. The van der Waals surface area contributed by atoms with E-state index in [9.17, 15) is 19.2 Å². The summed E-state index contributed by atoms with van der Waals surface area (Å²) in [5.74, 6) is 0.840. The summed E-state index contributed by atoms with van der Waals surface area (Å²) < 4.78 is 9.51. The van der Waals surface area contributed by atoms with Crippen LogP contribution in [0.25, 0.3) is 44.7 Å². The Morgan fingerprint density at radius 1 is 0.707 bits per heavy atom. The van der Waals surface area contributed by atoms with E-state index in [-0.39, 0.29) is 35.7 Å². The highest BCUT2D eigenvalue weighted by Crippen LogP contribution is 2.35. The van der Waals surface area contributed by atoms with Crippen LogP contribution in [0.15, 0.2) is 61.2 Å². The summed E-state index contributed by atoms with van der Waals surface area (Å²) in [6, 6.07) is 10.2. The van der Waals surface area contributed by atoms with Gasteiger partial charge in [-0.2, -0.15) is 0 Å². The number of methoxy groups -OCH3 is 2. The van der Waals surface area contributed by atoms with E-state index in [0.29, 0.717) is 24.7 Å². The molecule has 2 saturated heterocycles. The number of carbonyl (C=O) groups is 4. The Labute approximate surface area is 336 Å². The molecule has 58 heavy (non-hydrogen) atoms. The van der Waals surface area contributed by atoms with Gasteiger partial charge in [0.2, 0.25) is 11.8 Å². The lowest BCUT2D eigenvalue weighted by atomic mass is 10.0. The minimum atomic E-state index is -0.702. The van der Waals surface area contributed by atoms with Gasteiger partial charge in [-0.1, -0.05) is 39.8 Å². The fraction of sp³-hybridized carbons (Fsp3) is 0.429. The molecule has 0 radical (unpaired) electrons. The number of likely N-dealkylation sites (tertiary alicyclic amines) is 2. The number of hydrogen-bond acceptors (Lipinski definition) is 10. The number of fused-ring (bicyclic) bond motifs is 1. The number of benzene rings is 1. The van der Waals surface area contributed by atoms with Crippen molar-refractivity contribution in [1.82, 2.24) is 50.3 Å². The number of H-pyrrole nitrogens is 2. The number of aromatic nitrogens is 6. The first kappa shape index (κ1) is 39.9. The van der Waals surface area contributed by atoms with Gasteiger partial charge in [0, 0.05) is 53.8 Å². The lowest BCUT2D eigenvalue weighted by molar-refractivity contribution is -0.136. The number of aromatic amines is 2. The summed E-state index contributed by atoms with van der Waals surface area (Å²) in [4.78, 5) is 80.4. The Hall–Kier alpha value is -6.32. The summed E-state index contributed by atoms with van der Waals surface area (Å²) in [7, 11) is 2.57. The average Bonchev–Trinajstić information content (AvgIpc) is 4.07. The van der Waals surface area contributed by atoms with Crippen LogP contribution >= 0.6 is 0 Å². The van der Waals surface area contributed by atoms with Gasteiger partial charge in [0.05, 0.1) is 55.1 Å². The van der Waals surface area contributed by atoms with Crippen LogP contribution in [0.5, 0.6) is 0 Å². The molecule has 4 amide bonds. The smallest absolute Gasteiger partial charge is 0.407 e. The summed E-state index contributed by atoms with van der Waals surface area (Å²) in [6.45, 7) is 8.73. The average molecular weight is 791 g/mol. The van der Waals surface area contributed by atoms with Crippen LogP contribution in [0.3, 0.4) is 0 Å². The SMILES string of the molecule is COC(=O)N[C@H](C(=O)N1CCCC1c1nc(-c2cnc3cc(-c4ccc(-c5cnc([C@@H]6CCCN6C(=O)[C@@H](NC(=O)OC)C(C)C)[nH]5)cn4)ccc3c2)c[nH]1)C(C)C. The minimum Gasteiger partial charge on any atom is -0.453 e. The van der Waals surface area contributed by atoms with Crippen molar-refractivity contribution in [2.75, 3.05) is 27.3 Å². The minimum absolute atomic E-state index is 0.116. The molecule has 7 rings (SSSR count). The zero-order valence-electron chi connectivity index (χ0n) is 33.6. The van der Waals surface area contributed by atoms with E-state index in [0.717, 1.165) is 70.4 Å². The van der Waals surface area contributed by atoms with Gasteiger partial charge in [-0.05, 0) is 61.8 Å². The number of rotatable bonds is 11. The van der Waals surface area contributed by atoms with Gasteiger partial charge in [-0.25, -0.2) is 19.6 Å². The van der Waals surface area contributed by atoms with Crippen molar-refractivity contribution in [1.29, 1.82) is 0 Å². The van der Waals surface area contributed by atoms with Gasteiger partial charge in [0.1, 0.15) is 23.7 Å². The molecular weight excluding hydrogens is 741 g/mol. The molecule has 2 aliphatic rings. The van der Waals surface area contributed by atoms with Crippen LogP contribution in [0.1, 0.15) is 77.1 Å². The number of pyridine rings is 2. The van der Waals surface area contributed by atoms with Crippen molar-refractivity contribution >= 4 is 34.9 Å². The second-order valence-corrected chi connectivity index (χ2v) is 15.5. The highest BCUT2D eigenvalue weighted by atomic mass is 16.5. The summed E-state index contributed by atoms with van der Waals surface area (Å²) >= 11 is 0. The third-order valence-electron chi connectivity index (χ3n) is 11.0. The van der Waals surface area contributed by atoms with Crippen molar-refractivity contribution in [3.8, 4) is 33.8 Å². The predicted octanol–water partition coefficient (Wildman–Crippen LogP) is 6.17.